The highest BCUT2D eigenvalue weighted by atomic mass is 16.7. The molecule has 0 aliphatic carbocycles. The Morgan fingerprint density at radius 2 is 1.40 bits per heavy atom. The number of nitrogens with zero attached hydrogens (tertiary/aromatic N) is 3. The minimum atomic E-state index is -0.535. The Labute approximate surface area is 247 Å². The van der Waals surface area contributed by atoms with E-state index in [0.717, 1.165) is 45.0 Å². The van der Waals surface area contributed by atoms with Gasteiger partial charge in [0.15, 0.2) is 5.78 Å². The van der Waals surface area contributed by atoms with Crippen molar-refractivity contribution in [3.05, 3.63) is 119 Å². The van der Waals surface area contributed by atoms with Gasteiger partial charge in [-0.1, -0.05) is 79.7 Å². The van der Waals surface area contributed by atoms with Crippen LogP contribution in [0.15, 0.2) is 96.2 Å². The van der Waals surface area contributed by atoms with Gasteiger partial charge >= 0.3 is 5.97 Å². The van der Waals surface area contributed by atoms with Crippen LogP contribution in [0.5, 0.6) is 0 Å². The quantitative estimate of drug-likeness (QED) is 0.0761. The Kier molecular flexibility index (Phi) is 8.64. The molecule has 1 unspecified atom stereocenters. The van der Waals surface area contributed by atoms with Crippen LogP contribution in [-0.2, 0) is 16.2 Å². The lowest BCUT2D eigenvalue weighted by atomic mass is 9.97. The summed E-state index contributed by atoms with van der Waals surface area (Å²) >= 11 is 0. The van der Waals surface area contributed by atoms with Gasteiger partial charge in [0.2, 0.25) is 0 Å². The van der Waals surface area contributed by atoms with E-state index < -0.39 is 12.0 Å². The molecule has 0 saturated heterocycles. The monoisotopic (exact) mass is 559 g/mol. The lowest BCUT2D eigenvalue weighted by Gasteiger charge is -2.27. The molecule has 0 N–H and O–H groups in total. The average molecular weight is 560 g/mol. The largest absolute Gasteiger partial charge is 0.356 e. The number of likely N-dealkylation sites (N-methyl/N-ethyl adjacent to an activating group) is 1. The Balaban J connectivity index is 1.50. The maximum Gasteiger partial charge on any atom is 0.356 e. The highest BCUT2D eigenvalue weighted by Crippen LogP contribution is 2.32. The van der Waals surface area contributed by atoms with Crippen LogP contribution >= 0.6 is 0 Å². The fourth-order valence-electron chi connectivity index (χ4n) is 5.73. The molecule has 5 aromatic rings. The number of benzene rings is 4. The zero-order chi connectivity index (χ0) is 29.8. The van der Waals surface area contributed by atoms with E-state index in [1.807, 2.05) is 107 Å². The van der Waals surface area contributed by atoms with Crippen molar-refractivity contribution >= 4 is 39.3 Å². The van der Waals surface area contributed by atoms with Gasteiger partial charge in [-0.15, -0.1) is 0 Å². The molecule has 0 amide bonds. The third-order valence-corrected chi connectivity index (χ3v) is 8.04. The first-order valence-corrected chi connectivity index (χ1v) is 14.6. The summed E-state index contributed by atoms with van der Waals surface area (Å²) in [5.41, 5.74) is 6.78. The predicted molar refractivity (Wildman–Crippen MR) is 170 cm³/mol. The Morgan fingerprint density at radius 3 is 2.02 bits per heavy atom. The second kappa shape index (κ2) is 12.5. The molecule has 0 aliphatic rings. The van der Waals surface area contributed by atoms with Crippen LogP contribution in [0.4, 0.5) is 0 Å². The second-order valence-electron chi connectivity index (χ2n) is 10.5. The molecule has 0 aliphatic heterocycles. The summed E-state index contributed by atoms with van der Waals surface area (Å²) in [6.07, 6.45) is 0. The lowest BCUT2D eigenvalue weighted by molar-refractivity contribution is -0.150. The van der Waals surface area contributed by atoms with Crippen LogP contribution in [0.1, 0.15) is 66.3 Å². The highest BCUT2D eigenvalue weighted by molar-refractivity contribution is 6.16. The van der Waals surface area contributed by atoms with Crippen LogP contribution < -0.4 is 0 Å². The summed E-state index contributed by atoms with van der Waals surface area (Å²) in [6, 6.07) is 28.9. The maximum atomic E-state index is 13.4. The van der Waals surface area contributed by atoms with E-state index in [9.17, 15) is 9.59 Å². The molecule has 1 heterocycles. The molecule has 6 heteroatoms. The number of hydrogen-bond acceptors (Lipinski definition) is 5. The molecular formula is C36H37N3O3. The minimum Gasteiger partial charge on any atom is -0.341 e. The minimum absolute atomic E-state index is 0.00869. The number of carbonyl (C=O) groups excluding carboxylic acids is 2. The number of carbonyl (C=O) groups is 2. The summed E-state index contributed by atoms with van der Waals surface area (Å²) in [6.45, 7) is 12.2. The molecule has 5 rings (SSSR count). The molecule has 214 valence electrons. The van der Waals surface area contributed by atoms with Gasteiger partial charge in [-0.25, -0.2) is 4.79 Å². The molecule has 42 heavy (non-hydrogen) atoms. The van der Waals surface area contributed by atoms with E-state index in [1.54, 1.807) is 0 Å². The number of oxime groups is 1. The van der Waals surface area contributed by atoms with Crippen molar-refractivity contribution in [1.29, 1.82) is 0 Å². The molecule has 0 spiro atoms. The van der Waals surface area contributed by atoms with Crippen molar-refractivity contribution in [3.8, 4) is 0 Å². The fraction of sp³-hybridized carbons (Fsp3) is 0.250. The molecule has 0 radical (unpaired) electrons. The topological polar surface area (TPSA) is 63.9 Å². The van der Waals surface area contributed by atoms with Crippen molar-refractivity contribution in [3.63, 3.8) is 0 Å². The van der Waals surface area contributed by atoms with Crippen molar-refractivity contribution < 1.29 is 14.4 Å². The number of hydrogen-bond donors (Lipinski definition) is 0. The van der Waals surface area contributed by atoms with E-state index in [-0.39, 0.29) is 5.78 Å². The van der Waals surface area contributed by atoms with Gasteiger partial charge in [-0.3, -0.25) is 9.69 Å². The molecule has 4 aromatic carbocycles. The van der Waals surface area contributed by atoms with Crippen molar-refractivity contribution in [2.24, 2.45) is 5.16 Å². The SMILES string of the molecule is CCN(CC)C(C(=O)ON=C(C)c1ccc2c(c1)c1cc(C(=O)c3ccccc3C)ccc1n2CC)c1ccccc1. The van der Waals surface area contributed by atoms with E-state index in [2.05, 4.69) is 33.7 Å². The van der Waals surface area contributed by atoms with Gasteiger partial charge in [-0.05, 0) is 80.9 Å². The summed E-state index contributed by atoms with van der Waals surface area (Å²) in [5.74, 6) is -0.401. The summed E-state index contributed by atoms with van der Waals surface area (Å²) in [4.78, 5) is 34.3. The van der Waals surface area contributed by atoms with Crippen LogP contribution in [0.25, 0.3) is 21.8 Å². The standard InChI is InChI=1S/C36H37N3O3/c1-6-38(7-2)34(26-15-10-9-11-16-26)36(41)42-37-25(5)27-18-20-32-30(22-27)31-23-28(19-21-33(31)39(32)8-3)35(40)29-17-13-12-14-24(29)4/h9-23,34H,6-8H2,1-5H3. The number of fused-ring (bicyclic) bond motifs is 3. The van der Waals surface area contributed by atoms with Crippen molar-refractivity contribution in [2.45, 2.75) is 47.2 Å². The van der Waals surface area contributed by atoms with Crippen molar-refractivity contribution in [2.75, 3.05) is 13.1 Å². The van der Waals surface area contributed by atoms with Gasteiger partial charge in [0.1, 0.15) is 6.04 Å². The van der Waals surface area contributed by atoms with E-state index in [1.165, 1.54) is 0 Å². The van der Waals surface area contributed by atoms with Crippen LogP contribution in [0, 0.1) is 6.92 Å². The first kappa shape index (κ1) is 29.0. The van der Waals surface area contributed by atoms with Gasteiger partial charge in [0.05, 0.1) is 5.71 Å². The molecule has 1 aromatic heterocycles. The third-order valence-electron chi connectivity index (χ3n) is 8.04. The normalized spacial score (nSPS) is 12.7. The smallest absolute Gasteiger partial charge is 0.341 e. The van der Waals surface area contributed by atoms with Crippen LogP contribution in [0.2, 0.25) is 0 Å². The highest BCUT2D eigenvalue weighted by Gasteiger charge is 2.28. The van der Waals surface area contributed by atoms with Crippen LogP contribution in [0.3, 0.4) is 0 Å². The van der Waals surface area contributed by atoms with Crippen LogP contribution in [-0.4, -0.2) is 40.0 Å². The first-order valence-electron chi connectivity index (χ1n) is 14.6. The first-order chi connectivity index (χ1) is 20.4. The second-order valence-corrected chi connectivity index (χ2v) is 10.5. The Morgan fingerprint density at radius 1 is 0.810 bits per heavy atom. The molecular weight excluding hydrogens is 522 g/mol. The molecule has 0 bridgehead atoms. The van der Waals surface area contributed by atoms with E-state index in [4.69, 9.17) is 4.84 Å². The molecule has 0 fully saturated rings. The molecule has 6 nitrogen and oxygen atoms in total. The zero-order valence-electron chi connectivity index (χ0n) is 24.9. The third kappa shape index (κ3) is 5.50. The summed E-state index contributed by atoms with van der Waals surface area (Å²) in [5, 5.41) is 6.31. The van der Waals surface area contributed by atoms with E-state index in [0.29, 0.717) is 29.9 Å². The van der Waals surface area contributed by atoms with Gasteiger partial charge in [0.25, 0.3) is 0 Å². The van der Waals surface area contributed by atoms with Crippen molar-refractivity contribution in [1.82, 2.24) is 9.47 Å². The van der Waals surface area contributed by atoms with Gasteiger partial charge in [-0.2, -0.15) is 0 Å². The molecule has 1 atom stereocenters. The number of aryl methyl sites for hydroxylation is 2. The average Bonchev–Trinajstić information content (AvgIpc) is 3.34. The summed E-state index contributed by atoms with van der Waals surface area (Å²) in [7, 11) is 0. The number of rotatable bonds is 10. The number of aromatic nitrogens is 1. The fourth-order valence-corrected chi connectivity index (χ4v) is 5.73. The van der Waals surface area contributed by atoms with E-state index >= 15 is 0 Å². The summed E-state index contributed by atoms with van der Waals surface area (Å²) < 4.78 is 2.25. The predicted octanol–water partition coefficient (Wildman–Crippen LogP) is 7.70. The lowest BCUT2D eigenvalue weighted by Crippen LogP contribution is -2.34. The Bertz CT molecular complexity index is 1780. The number of ketones is 1. The molecule has 0 saturated carbocycles. The maximum absolute atomic E-state index is 13.4. The Hall–Kier alpha value is -4.55. The van der Waals surface area contributed by atoms with Gasteiger partial charge < -0.3 is 9.40 Å². The van der Waals surface area contributed by atoms with Gasteiger partial charge in [0, 0.05) is 39.5 Å². The zero-order valence-corrected chi connectivity index (χ0v) is 24.9.